The first-order valence-electron chi connectivity index (χ1n) is 2.52. The lowest BCUT2D eigenvalue weighted by atomic mass is 10.4. The second-order valence-corrected chi connectivity index (χ2v) is 1.84. The third-order valence-electron chi connectivity index (χ3n) is 0.981. The monoisotopic (exact) mass is 124 g/mol. The molecule has 1 aromatic heterocycles. The number of nitrogens with two attached hydrogens (primary N) is 1. The van der Waals surface area contributed by atoms with E-state index in [1.54, 1.807) is 17.1 Å². The number of nitrogens with one attached hydrogen (secondary N) is 1. The fourth-order valence-electron chi connectivity index (χ4n) is 0.552. The number of hydrogen-bond donors (Lipinski definition) is 2. The van der Waals surface area contributed by atoms with Crippen LogP contribution in [-0.2, 0) is 7.05 Å². The summed E-state index contributed by atoms with van der Waals surface area (Å²) in [5.74, 6) is 0.00981. The molecule has 0 bridgehead atoms. The zero-order valence-electron chi connectivity index (χ0n) is 5.13. The minimum Gasteiger partial charge on any atom is -0.382 e. The molecule has 0 radical (unpaired) electrons. The zero-order valence-corrected chi connectivity index (χ0v) is 5.13. The van der Waals surface area contributed by atoms with Crippen molar-refractivity contribution in [3.63, 3.8) is 0 Å². The van der Waals surface area contributed by atoms with Gasteiger partial charge in [-0.05, 0) is 0 Å². The van der Waals surface area contributed by atoms with E-state index in [2.05, 4.69) is 4.98 Å². The van der Waals surface area contributed by atoms with Crippen LogP contribution < -0.4 is 5.73 Å². The molecule has 0 atom stereocenters. The van der Waals surface area contributed by atoms with Gasteiger partial charge in [0.15, 0.2) is 0 Å². The van der Waals surface area contributed by atoms with Gasteiger partial charge in [-0.25, -0.2) is 4.98 Å². The maximum absolute atomic E-state index is 6.95. The Morgan fingerprint density at radius 2 is 2.56 bits per heavy atom. The first-order valence-corrected chi connectivity index (χ1v) is 2.52. The van der Waals surface area contributed by atoms with Crippen molar-refractivity contribution in [2.45, 2.75) is 0 Å². The number of nitrogen functional groups attached to an aromatic ring is 1. The Labute approximate surface area is 52.8 Å². The Balaban J connectivity index is 2.98. The summed E-state index contributed by atoms with van der Waals surface area (Å²) in [5.41, 5.74) is 5.66. The molecule has 0 aliphatic rings. The van der Waals surface area contributed by atoms with E-state index in [9.17, 15) is 0 Å². The van der Waals surface area contributed by atoms with Crippen molar-refractivity contribution >= 4 is 5.84 Å². The van der Waals surface area contributed by atoms with Gasteiger partial charge in [-0.2, -0.15) is 0 Å². The van der Waals surface area contributed by atoms with Crippen LogP contribution in [0, 0.1) is 5.41 Å². The summed E-state index contributed by atoms with van der Waals surface area (Å²) in [6.07, 6.45) is 3.30. The van der Waals surface area contributed by atoms with E-state index < -0.39 is 0 Å². The van der Waals surface area contributed by atoms with Crippen molar-refractivity contribution in [2.24, 2.45) is 12.8 Å². The highest BCUT2D eigenvalue weighted by Gasteiger charge is 1.96. The number of amidine groups is 1. The number of hydrogen-bond acceptors (Lipinski definition) is 2. The molecule has 0 aliphatic carbocycles. The molecule has 0 fully saturated rings. The summed E-state index contributed by atoms with van der Waals surface area (Å²) < 4.78 is 1.75. The molecule has 0 spiro atoms. The van der Waals surface area contributed by atoms with E-state index >= 15 is 0 Å². The van der Waals surface area contributed by atoms with Crippen LogP contribution in [0.1, 0.15) is 5.69 Å². The average molecular weight is 124 g/mol. The summed E-state index contributed by atoms with van der Waals surface area (Å²) >= 11 is 0. The number of imidazole rings is 1. The van der Waals surface area contributed by atoms with Gasteiger partial charge in [0.2, 0.25) is 0 Å². The molecule has 48 valence electrons. The molecule has 4 heteroatoms. The normalized spacial score (nSPS) is 9.44. The SMILES string of the molecule is Cn1cnc(C(=N)N)c1. The molecule has 1 rings (SSSR count). The van der Waals surface area contributed by atoms with Gasteiger partial charge in [0.25, 0.3) is 0 Å². The minimum absolute atomic E-state index is 0.00981. The summed E-state index contributed by atoms with van der Waals surface area (Å²) in [4.78, 5) is 3.83. The van der Waals surface area contributed by atoms with Crippen LogP contribution in [0.2, 0.25) is 0 Å². The summed E-state index contributed by atoms with van der Waals surface area (Å²) in [6, 6.07) is 0. The van der Waals surface area contributed by atoms with Gasteiger partial charge in [0, 0.05) is 13.2 Å². The van der Waals surface area contributed by atoms with Crippen molar-refractivity contribution in [1.82, 2.24) is 9.55 Å². The lowest BCUT2D eigenvalue weighted by Crippen LogP contribution is -2.11. The van der Waals surface area contributed by atoms with Crippen LogP contribution in [0.4, 0.5) is 0 Å². The van der Waals surface area contributed by atoms with E-state index in [1.165, 1.54) is 0 Å². The van der Waals surface area contributed by atoms with E-state index in [4.69, 9.17) is 11.1 Å². The summed E-state index contributed by atoms with van der Waals surface area (Å²) in [5, 5.41) is 6.95. The highest BCUT2D eigenvalue weighted by molar-refractivity contribution is 5.92. The number of aromatic nitrogens is 2. The quantitative estimate of drug-likeness (QED) is 0.399. The molecular formula is C5H8N4. The van der Waals surface area contributed by atoms with Crippen LogP contribution in [-0.4, -0.2) is 15.4 Å². The average Bonchev–Trinajstić information content (AvgIpc) is 2.14. The van der Waals surface area contributed by atoms with Crippen LogP contribution in [0.15, 0.2) is 12.5 Å². The van der Waals surface area contributed by atoms with Gasteiger partial charge in [0.1, 0.15) is 11.5 Å². The standard InChI is InChI=1S/C5H8N4/c1-9-2-4(5(6)7)8-3-9/h2-3H,1H3,(H3,6,7). The number of rotatable bonds is 1. The number of aryl methyl sites for hydroxylation is 1. The van der Waals surface area contributed by atoms with Crippen molar-refractivity contribution < 1.29 is 0 Å². The highest BCUT2D eigenvalue weighted by atomic mass is 15.0. The molecule has 4 nitrogen and oxygen atoms in total. The first-order chi connectivity index (χ1) is 4.20. The summed E-state index contributed by atoms with van der Waals surface area (Å²) in [6.45, 7) is 0. The van der Waals surface area contributed by atoms with Crippen molar-refractivity contribution in [3.8, 4) is 0 Å². The van der Waals surface area contributed by atoms with Crippen LogP contribution >= 0.6 is 0 Å². The molecule has 0 amide bonds. The van der Waals surface area contributed by atoms with Gasteiger partial charge >= 0.3 is 0 Å². The number of nitrogens with zero attached hydrogens (tertiary/aromatic N) is 2. The minimum atomic E-state index is 0.00981. The van der Waals surface area contributed by atoms with E-state index in [0.29, 0.717) is 5.69 Å². The van der Waals surface area contributed by atoms with Gasteiger partial charge in [-0.3, -0.25) is 5.41 Å². The predicted molar refractivity (Wildman–Crippen MR) is 34.2 cm³/mol. The fourth-order valence-corrected chi connectivity index (χ4v) is 0.552. The third kappa shape index (κ3) is 1.07. The lowest BCUT2D eigenvalue weighted by molar-refractivity contribution is 0.913. The molecular weight excluding hydrogens is 116 g/mol. The topological polar surface area (TPSA) is 67.7 Å². The van der Waals surface area contributed by atoms with Crippen molar-refractivity contribution in [1.29, 1.82) is 5.41 Å². The third-order valence-corrected chi connectivity index (χ3v) is 0.981. The maximum atomic E-state index is 6.95. The van der Waals surface area contributed by atoms with Crippen LogP contribution in [0.3, 0.4) is 0 Å². The second kappa shape index (κ2) is 1.89. The van der Waals surface area contributed by atoms with Gasteiger partial charge in [-0.15, -0.1) is 0 Å². The Kier molecular flexibility index (Phi) is 1.22. The predicted octanol–water partition coefficient (Wildman–Crippen LogP) is -0.296. The fraction of sp³-hybridized carbons (Fsp3) is 0.200. The van der Waals surface area contributed by atoms with E-state index in [-0.39, 0.29) is 5.84 Å². The van der Waals surface area contributed by atoms with Gasteiger partial charge in [0.05, 0.1) is 6.33 Å². The van der Waals surface area contributed by atoms with Crippen molar-refractivity contribution in [2.75, 3.05) is 0 Å². The maximum Gasteiger partial charge on any atom is 0.143 e. The Bertz CT molecular complexity index is 225. The lowest BCUT2D eigenvalue weighted by Gasteiger charge is -1.85. The molecule has 9 heavy (non-hydrogen) atoms. The molecule has 0 unspecified atom stereocenters. The Morgan fingerprint density at radius 3 is 2.78 bits per heavy atom. The largest absolute Gasteiger partial charge is 0.382 e. The zero-order chi connectivity index (χ0) is 6.85. The summed E-state index contributed by atoms with van der Waals surface area (Å²) in [7, 11) is 1.83. The van der Waals surface area contributed by atoms with Crippen LogP contribution in [0.5, 0.6) is 0 Å². The van der Waals surface area contributed by atoms with Crippen molar-refractivity contribution in [3.05, 3.63) is 18.2 Å². The molecule has 1 aromatic rings. The first kappa shape index (κ1) is 5.81. The molecule has 0 saturated heterocycles. The van der Waals surface area contributed by atoms with Gasteiger partial charge < -0.3 is 10.3 Å². The Morgan fingerprint density at radius 1 is 1.89 bits per heavy atom. The smallest absolute Gasteiger partial charge is 0.143 e. The molecule has 0 saturated carbocycles. The Hall–Kier alpha value is -1.32. The van der Waals surface area contributed by atoms with Gasteiger partial charge in [-0.1, -0.05) is 0 Å². The van der Waals surface area contributed by atoms with E-state index in [0.717, 1.165) is 0 Å². The van der Waals surface area contributed by atoms with Crippen LogP contribution in [0.25, 0.3) is 0 Å². The molecule has 0 aromatic carbocycles. The molecule has 1 heterocycles. The molecule has 3 N–H and O–H groups in total. The van der Waals surface area contributed by atoms with E-state index in [1.807, 2.05) is 7.05 Å². The second-order valence-electron chi connectivity index (χ2n) is 1.84. The highest BCUT2D eigenvalue weighted by Crippen LogP contribution is 1.89. The molecule has 0 aliphatic heterocycles.